The van der Waals surface area contributed by atoms with Gasteiger partial charge >= 0.3 is 5.97 Å². The van der Waals surface area contributed by atoms with Gasteiger partial charge in [-0.25, -0.2) is 0 Å². The number of carboxylic acid groups (broad SMARTS) is 1. The van der Waals surface area contributed by atoms with Gasteiger partial charge in [-0.1, -0.05) is 18.0 Å². The van der Waals surface area contributed by atoms with Crippen molar-refractivity contribution in [2.24, 2.45) is 0 Å². The number of carbonyl (C=O) groups is 1. The van der Waals surface area contributed by atoms with Gasteiger partial charge in [0.05, 0.1) is 19.6 Å². The minimum Gasteiger partial charge on any atom is -0.493 e. The number of halogens is 1. The maximum Gasteiger partial charge on any atom is 0.314 e. The molecule has 0 unspecified atom stereocenters. The molecule has 0 radical (unpaired) electrons. The Hall–Kier alpha value is -1.42. The zero-order chi connectivity index (χ0) is 13.3. The van der Waals surface area contributed by atoms with E-state index in [-0.39, 0.29) is 0 Å². The summed E-state index contributed by atoms with van der Waals surface area (Å²) >= 11 is 6.18. The van der Waals surface area contributed by atoms with Crippen LogP contribution in [0.4, 0.5) is 0 Å². The molecule has 1 aromatic carbocycles. The van der Waals surface area contributed by atoms with Crippen LogP contribution in [0.25, 0.3) is 0 Å². The number of ether oxygens (including phenoxy) is 2. The maximum atomic E-state index is 11.6. The van der Waals surface area contributed by atoms with Crippen LogP contribution in [0, 0.1) is 0 Å². The first-order chi connectivity index (χ1) is 8.56. The van der Waals surface area contributed by atoms with Crippen molar-refractivity contribution < 1.29 is 19.4 Å². The van der Waals surface area contributed by atoms with E-state index < -0.39 is 11.4 Å². The van der Waals surface area contributed by atoms with Crippen LogP contribution in [0.5, 0.6) is 11.5 Å². The fraction of sp³-hybridized carbons (Fsp3) is 0.462. The average molecular weight is 271 g/mol. The number of hydrogen-bond donors (Lipinski definition) is 1. The minimum absolute atomic E-state index is 0.412. The Morgan fingerprint density at radius 3 is 2.39 bits per heavy atom. The number of hydrogen-bond acceptors (Lipinski definition) is 3. The number of rotatable bonds is 4. The quantitative estimate of drug-likeness (QED) is 0.914. The molecule has 1 aliphatic rings. The molecule has 4 nitrogen and oxygen atoms in total. The fourth-order valence-corrected chi connectivity index (χ4v) is 2.78. The van der Waals surface area contributed by atoms with Crippen LogP contribution in [0.3, 0.4) is 0 Å². The third kappa shape index (κ3) is 1.72. The molecule has 18 heavy (non-hydrogen) atoms. The van der Waals surface area contributed by atoms with Crippen molar-refractivity contribution in [2.45, 2.75) is 24.7 Å². The van der Waals surface area contributed by atoms with Crippen LogP contribution in [-0.2, 0) is 10.2 Å². The second-order valence-electron chi connectivity index (χ2n) is 4.40. The molecular weight excluding hydrogens is 256 g/mol. The summed E-state index contributed by atoms with van der Waals surface area (Å²) in [7, 11) is 3.01. The van der Waals surface area contributed by atoms with Crippen LogP contribution >= 0.6 is 11.6 Å². The number of carboxylic acids is 1. The summed E-state index contributed by atoms with van der Waals surface area (Å²) in [6.45, 7) is 0. The van der Waals surface area contributed by atoms with Crippen LogP contribution in [0.1, 0.15) is 24.8 Å². The van der Waals surface area contributed by atoms with Gasteiger partial charge < -0.3 is 14.6 Å². The molecule has 1 fully saturated rings. The lowest BCUT2D eigenvalue weighted by atomic mass is 9.64. The van der Waals surface area contributed by atoms with Gasteiger partial charge in [0.1, 0.15) is 0 Å². The second kappa shape index (κ2) is 4.69. The summed E-state index contributed by atoms with van der Waals surface area (Å²) < 4.78 is 10.5. The monoisotopic (exact) mass is 270 g/mol. The molecule has 0 aliphatic heterocycles. The summed E-state index contributed by atoms with van der Waals surface area (Å²) in [6.07, 6.45) is 2.03. The van der Waals surface area contributed by atoms with Crippen LogP contribution in [0.15, 0.2) is 12.1 Å². The van der Waals surface area contributed by atoms with E-state index in [2.05, 4.69) is 0 Å². The van der Waals surface area contributed by atoms with Crippen LogP contribution in [0.2, 0.25) is 5.02 Å². The molecule has 0 amide bonds. The van der Waals surface area contributed by atoms with Gasteiger partial charge in [-0.05, 0) is 25.0 Å². The number of methoxy groups -OCH3 is 2. The Balaban J connectivity index is 2.65. The smallest absolute Gasteiger partial charge is 0.314 e. The SMILES string of the molecule is COc1ccc(Cl)c(C2(C(=O)O)CCC2)c1OC. The molecule has 0 bridgehead atoms. The van der Waals surface area contributed by atoms with Crippen molar-refractivity contribution in [2.75, 3.05) is 14.2 Å². The van der Waals surface area contributed by atoms with Gasteiger partial charge in [0.25, 0.3) is 0 Å². The van der Waals surface area contributed by atoms with E-state index in [0.29, 0.717) is 34.9 Å². The predicted molar refractivity (Wildman–Crippen MR) is 67.7 cm³/mol. The van der Waals surface area contributed by atoms with Crippen molar-refractivity contribution in [1.82, 2.24) is 0 Å². The molecule has 1 aromatic rings. The van der Waals surface area contributed by atoms with Gasteiger partial charge in [0.15, 0.2) is 11.5 Å². The van der Waals surface area contributed by atoms with Gasteiger partial charge in [0, 0.05) is 10.6 Å². The lowest BCUT2D eigenvalue weighted by Crippen LogP contribution is -2.42. The first-order valence-corrected chi connectivity index (χ1v) is 6.09. The van der Waals surface area contributed by atoms with Crippen molar-refractivity contribution >= 4 is 17.6 Å². The van der Waals surface area contributed by atoms with E-state index >= 15 is 0 Å². The Morgan fingerprint density at radius 1 is 1.33 bits per heavy atom. The molecule has 2 rings (SSSR count). The van der Waals surface area contributed by atoms with E-state index in [4.69, 9.17) is 21.1 Å². The predicted octanol–water partition coefficient (Wildman–Crippen LogP) is 2.86. The summed E-state index contributed by atoms with van der Waals surface area (Å²) in [5.41, 5.74) is -0.401. The molecule has 5 heteroatoms. The van der Waals surface area contributed by atoms with E-state index in [9.17, 15) is 9.90 Å². The molecule has 0 saturated heterocycles. The molecule has 1 N–H and O–H groups in total. The van der Waals surface area contributed by atoms with Gasteiger partial charge in [0.2, 0.25) is 0 Å². The largest absolute Gasteiger partial charge is 0.493 e. The zero-order valence-corrected chi connectivity index (χ0v) is 11.1. The van der Waals surface area contributed by atoms with Crippen molar-refractivity contribution in [3.05, 3.63) is 22.7 Å². The first kappa shape index (κ1) is 13.0. The Labute approximate surface area is 110 Å². The molecule has 1 saturated carbocycles. The summed E-state index contributed by atoms with van der Waals surface area (Å²) in [4.78, 5) is 11.6. The number of aliphatic carboxylic acids is 1. The minimum atomic E-state index is -0.934. The third-order valence-electron chi connectivity index (χ3n) is 3.59. The van der Waals surface area contributed by atoms with E-state index in [1.165, 1.54) is 14.2 Å². The van der Waals surface area contributed by atoms with E-state index in [0.717, 1.165) is 6.42 Å². The standard InChI is InChI=1S/C13H15ClO4/c1-17-9-5-4-8(14)10(11(9)18-2)13(12(15)16)6-3-7-13/h4-5H,3,6-7H2,1-2H3,(H,15,16). The van der Waals surface area contributed by atoms with E-state index in [1.54, 1.807) is 12.1 Å². The Kier molecular flexibility index (Phi) is 3.39. The lowest BCUT2D eigenvalue weighted by molar-refractivity contribution is -0.147. The normalized spacial score (nSPS) is 16.8. The van der Waals surface area contributed by atoms with Crippen LogP contribution < -0.4 is 9.47 Å². The van der Waals surface area contributed by atoms with Gasteiger partial charge in [-0.3, -0.25) is 4.79 Å². The Bertz CT molecular complexity index is 480. The lowest BCUT2D eigenvalue weighted by Gasteiger charge is -2.39. The molecule has 98 valence electrons. The topological polar surface area (TPSA) is 55.8 Å². The first-order valence-electron chi connectivity index (χ1n) is 5.71. The molecule has 0 atom stereocenters. The average Bonchev–Trinajstić information content (AvgIpc) is 2.29. The van der Waals surface area contributed by atoms with Gasteiger partial charge in [-0.15, -0.1) is 0 Å². The molecular formula is C13H15ClO4. The van der Waals surface area contributed by atoms with Crippen molar-refractivity contribution in [3.8, 4) is 11.5 Å². The summed E-state index contributed by atoms with van der Waals surface area (Å²) in [5.74, 6) is 0.0683. The van der Waals surface area contributed by atoms with E-state index in [1.807, 2.05) is 0 Å². The fourth-order valence-electron chi connectivity index (χ4n) is 2.45. The highest BCUT2D eigenvalue weighted by atomic mass is 35.5. The molecule has 0 heterocycles. The summed E-state index contributed by atoms with van der Waals surface area (Å²) in [6, 6.07) is 3.33. The maximum absolute atomic E-state index is 11.6. The highest BCUT2D eigenvalue weighted by molar-refractivity contribution is 6.32. The Morgan fingerprint density at radius 2 is 2.00 bits per heavy atom. The number of benzene rings is 1. The van der Waals surface area contributed by atoms with Crippen molar-refractivity contribution in [3.63, 3.8) is 0 Å². The summed E-state index contributed by atoms with van der Waals surface area (Å²) in [5, 5.41) is 9.90. The third-order valence-corrected chi connectivity index (χ3v) is 3.90. The highest BCUT2D eigenvalue weighted by Crippen LogP contribution is 2.52. The molecule has 0 aromatic heterocycles. The second-order valence-corrected chi connectivity index (χ2v) is 4.81. The van der Waals surface area contributed by atoms with Crippen molar-refractivity contribution in [1.29, 1.82) is 0 Å². The van der Waals surface area contributed by atoms with Gasteiger partial charge in [-0.2, -0.15) is 0 Å². The van der Waals surface area contributed by atoms with Crippen LogP contribution in [-0.4, -0.2) is 25.3 Å². The zero-order valence-electron chi connectivity index (χ0n) is 10.3. The molecule has 1 aliphatic carbocycles. The molecule has 0 spiro atoms. The highest BCUT2D eigenvalue weighted by Gasteiger charge is 2.49.